The molecule has 0 saturated heterocycles. The van der Waals surface area contributed by atoms with E-state index in [-0.39, 0.29) is 5.91 Å². The fourth-order valence-corrected chi connectivity index (χ4v) is 2.66. The predicted octanol–water partition coefficient (Wildman–Crippen LogP) is 3.38. The van der Waals surface area contributed by atoms with E-state index in [1.165, 1.54) is 0 Å². The van der Waals surface area contributed by atoms with Gasteiger partial charge >= 0.3 is 0 Å². The summed E-state index contributed by atoms with van der Waals surface area (Å²) < 4.78 is 1.05. The minimum atomic E-state index is 0.0252. The third-order valence-corrected chi connectivity index (χ3v) is 4.70. The first-order valence-corrected chi connectivity index (χ1v) is 8.38. The molecule has 0 heterocycles. The van der Waals surface area contributed by atoms with Crippen LogP contribution in [0.1, 0.15) is 12.5 Å². The number of nitrogens with one attached hydrogen (secondary N) is 1. The van der Waals surface area contributed by atoms with Gasteiger partial charge in [-0.1, -0.05) is 15.9 Å². The van der Waals surface area contributed by atoms with Gasteiger partial charge in [0.15, 0.2) is 0 Å². The van der Waals surface area contributed by atoms with Crippen LogP contribution < -0.4 is 5.32 Å². The lowest BCUT2D eigenvalue weighted by atomic mass is 10.2. The van der Waals surface area contributed by atoms with Crippen molar-refractivity contribution in [2.75, 3.05) is 30.9 Å². The predicted molar refractivity (Wildman–Crippen MR) is 88.0 cm³/mol. The van der Waals surface area contributed by atoms with E-state index in [1.807, 2.05) is 32.2 Å². The second-order valence-electron chi connectivity index (χ2n) is 4.73. The van der Waals surface area contributed by atoms with Crippen LogP contribution in [-0.4, -0.2) is 42.4 Å². The van der Waals surface area contributed by atoms with E-state index in [1.54, 1.807) is 11.8 Å². The molecule has 0 aliphatic carbocycles. The molecule has 0 aromatic heterocycles. The van der Waals surface area contributed by atoms with E-state index in [9.17, 15) is 4.79 Å². The van der Waals surface area contributed by atoms with Gasteiger partial charge in [-0.15, -0.1) is 0 Å². The van der Waals surface area contributed by atoms with Crippen LogP contribution in [0.5, 0.6) is 0 Å². The van der Waals surface area contributed by atoms with Gasteiger partial charge in [-0.3, -0.25) is 9.69 Å². The number of hydrogen-bond donors (Lipinski definition) is 1. The third kappa shape index (κ3) is 5.55. The van der Waals surface area contributed by atoms with Crippen molar-refractivity contribution >= 4 is 39.3 Å². The highest BCUT2D eigenvalue weighted by Gasteiger charge is 2.12. The standard InChI is InChI=1S/C14H21BrN2OS/c1-10-7-12(5-6-13(10)15)16-14(18)8-17(3)11(2)9-19-4/h5-7,11H,8-9H2,1-4H3,(H,16,18)/t11-/m0/s1. The lowest BCUT2D eigenvalue weighted by Crippen LogP contribution is -2.37. The average Bonchev–Trinajstić information content (AvgIpc) is 2.34. The number of anilines is 1. The molecule has 1 aromatic carbocycles. The van der Waals surface area contributed by atoms with Gasteiger partial charge in [0.2, 0.25) is 5.91 Å². The molecule has 1 aromatic rings. The van der Waals surface area contributed by atoms with Crippen LogP contribution in [0.2, 0.25) is 0 Å². The highest BCUT2D eigenvalue weighted by atomic mass is 79.9. The van der Waals surface area contributed by atoms with Crippen LogP contribution in [-0.2, 0) is 4.79 Å². The summed E-state index contributed by atoms with van der Waals surface area (Å²) in [6.45, 7) is 4.55. The number of carbonyl (C=O) groups is 1. The third-order valence-electron chi connectivity index (χ3n) is 3.00. The lowest BCUT2D eigenvalue weighted by Gasteiger charge is -2.23. The Morgan fingerprint density at radius 1 is 1.53 bits per heavy atom. The molecule has 0 bridgehead atoms. The topological polar surface area (TPSA) is 32.3 Å². The second-order valence-corrected chi connectivity index (χ2v) is 6.50. The molecular weight excluding hydrogens is 324 g/mol. The molecule has 0 spiro atoms. The van der Waals surface area contributed by atoms with Crippen LogP contribution in [0.15, 0.2) is 22.7 Å². The number of benzene rings is 1. The van der Waals surface area contributed by atoms with Crippen LogP contribution >= 0.6 is 27.7 Å². The fraction of sp³-hybridized carbons (Fsp3) is 0.500. The summed E-state index contributed by atoms with van der Waals surface area (Å²) in [5.41, 5.74) is 1.96. The maximum absolute atomic E-state index is 12.0. The molecule has 5 heteroatoms. The number of hydrogen-bond acceptors (Lipinski definition) is 3. The van der Waals surface area contributed by atoms with Crippen LogP contribution in [0.4, 0.5) is 5.69 Å². The van der Waals surface area contributed by atoms with E-state index in [0.717, 1.165) is 21.5 Å². The van der Waals surface area contributed by atoms with Crippen molar-refractivity contribution in [3.05, 3.63) is 28.2 Å². The average molecular weight is 345 g/mol. The Morgan fingerprint density at radius 3 is 2.79 bits per heavy atom. The lowest BCUT2D eigenvalue weighted by molar-refractivity contribution is -0.117. The fourth-order valence-electron chi connectivity index (χ4n) is 1.67. The number of aryl methyl sites for hydroxylation is 1. The quantitative estimate of drug-likeness (QED) is 0.858. The molecule has 1 atom stereocenters. The summed E-state index contributed by atoms with van der Waals surface area (Å²) in [4.78, 5) is 14.0. The largest absolute Gasteiger partial charge is 0.325 e. The van der Waals surface area contributed by atoms with E-state index >= 15 is 0 Å². The van der Waals surface area contributed by atoms with E-state index in [2.05, 4.69) is 39.3 Å². The Labute approximate surface area is 128 Å². The van der Waals surface area contributed by atoms with Crippen LogP contribution in [0.3, 0.4) is 0 Å². The molecule has 1 N–H and O–H groups in total. The zero-order valence-electron chi connectivity index (χ0n) is 11.9. The molecule has 0 fully saturated rings. The molecule has 1 rings (SSSR count). The van der Waals surface area contributed by atoms with Crippen molar-refractivity contribution < 1.29 is 4.79 Å². The molecule has 1 amide bonds. The minimum Gasteiger partial charge on any atom is -0.325 e. The summed E-state index contributed by atoms with van der Waals surface area (Å²) in [6.07, 6.45) is 2.08. The molecule has 0 aliphatic rings. The van der Waals surface area contributed by atoms with Gasteiger partial charge in [-0.25, -0.2) is 0 Å². The van der Waals surface area contributed by atoms with Gasteiger partial charge < -0.3 is 5.32 Å². The normalized spacial score (nSPS) is 12.5. The molecule has 0 unspecified atom stereocenters. The number of amides is 1. The zero-order chi connectivity index (χ0) is 14.4. The SMILES string of the molecule is CSC[C@H](C)N(C)CC(=O)Nc1ccc(Br)c(C)c1. The Morgan fingerprint density at radius 2 is 2.21 bits per heavy atom. The Kier molecular flexibility index (Phi) is 6.89. The summed E-state index contributed by atoms with van der Waals surface area (Å²) in [5.74, 6) is 1.05. The van der Waals surface area contributed by atoms with Gasteiger partial charge in [-0.05, 0) is 50.9 Å². The first-order valence-electron chi connectivity index (χ1n) is 6.19. The van der Waals surface area contributed by atoms with Crippen molar-refractivity contribution in [2.45, 2.75) is 19.9 Å². The van der Waals surface area contributed by atoms with Crippen LogP contribution in [0.25, 0.3) is 0 Å². The van der Waals surface area contributed by atoms with Crippen molar-refractivity contribution in [1.29, 1.82) is 0 Å². The molecule has 106 valence electrons. The maximum Gasteiger partial charge on any atom is 0.238 e. The smallest absolute Gasteiger partial charge is 0.238 e. The van der Waals surface area contributed by atoms with Crippen molar-refractivity contribution in [1.82, 2.24) is 4.90 Å². The maximum atomic E-state index is 12.0. The summed E-state index contributed by atoms with van der Waals surface area (Å²) in [6, 6.07) is 6.21. The molecular formula is C14H21BrN2OS. The molecule has 19 heavy (non-hydrogen) atoms. The number of likely N-dealkylation sites (N-methyl/N-ethyl adjacent to an activating group) is 1. The second kappa shape index (κ2) is 7.92. The van der Waals surface area contributed by atoms with E-state index in [0.29, 0.717) is 12.6 Å². The van der Waals surface area contributed by atoms with E-state index in [4.69, 9.17) is 0 Å². The van der Waals surface area contributed by atoms with Crippen LogP contribution in [0, 0.1) is 6.92 Å². The number of nitrogens with zero attached hydrogens (tertiary/aromatic N) is 1. The number of rotatable bonds is 6. The van der Waals surface area contributed by atoms with Gasteiger partial charge in [0.1, 0.15) is 0 Å². The Balaban J connectivity index is 2.53. The highest BCUT2D eigenvalue weighted by Crippen LogP contribution is 2.19. The van der Waals surface area contributed by atoms with Gasteiger partial charge in [-0.2, -0.15) is 11.8 Å². The van der Waals surface area contributed by atoms with Crippen molar-refractivity contribution in [3.8, 4) is 0 Å². The monoisotopic (exact) mass is 344 g/mol. The Hall–Kier alpha value is -0.520. The Bertz CT molecular complexity index is 439. The number of halogens is 1. The molecule has 3 nitrogen and oxygen atoms in total. The zero-order valence-corrected chi connectivity index (χ0v) is 14.3. The van der Waals surface area contributed by atoms with Crippen molar-refractivity contribution in [2.24, 2.45) is 0 Å². The van der Waals surface area contributed by atoms with Gasteiger partial charge in [0.25, 0.3) is 0 Å². The summed E-state index contributed by atoms with van der Waals surface area (Å²) in [7, 11) is 1.98. The first-order chi connectivity index (χ1) is 8.93. The number of carbonyl (C=O) groups excluding carboxylic acids is 1. The van der Waals surface area contributed by atoms with Gasteiger partial charge in [0, 0.05) is 22.0 Å². The molecule has 0 radical (unpaired) electrons. The first kappa shape index (κ1) is 16.5. The highest BCUT2D eigenvalue weighted by molar-refractivity contribution is 9.10. The van der Waals surface area contributed by atoms with Crippen molar-refractivity contribution in [3.63, 3.8) is 0 Å². The van der Waals surface area contributed by atoms with E-state index < -0.39 is 0 Å². The summed E-state index contributed by atoms with van der Waals surface area (Å²) in [5, 5.41) is 2.93. The molecule has 0 saturated carbocycles. The minimum absolute atomic E-state index is 0.0252. The summed E-state index contributed by atoms with van der Waals surface area (Å²) >= 11 is 5.24. The molecule has 0 aliphatic heterocycles. The van der Waals surface area contributed by atoms with Gasteiger partial charge in [0.05, 0.1) is 6.54 Å². The number of thioether (sulfide) groups is 1.